The van der Waals surface area contributed by atoms with Crippen LogP contribution < -0.4 is 11.1 Å². The third kappa shape index (κ3) is 4.96. The quantitative estimate of drug-likeness (QED) is 0.687. The highest BCUT2D eigenvalue weighted by atomic mass is 32.2. The lowest BCUT2D eigenvalue weighted by atomic mass is 10.1. The molecule has 0 bridgehead atoms. The van der Waals surface area contributed by atoms with Crippen LogP contribution in [0.2, 0.25) is 0 Å². The van der Waals surface area contributed by atoms with E-state index in [0.717, 1.165) is 4.88 Å². The van der Waals surface area contributed by atoms with Crippen LogP contribution in [0.25, 0.3) is 0 Å². The van der Waals surface area contributed by atoms with Gasteiger partial charge in [0, 0.05) is 31.1 Å². The highest BCUT2D eigenvalue weighted by Gasteiger charge is 2.31. The molecule has 1 aliphatic heterocycles. The van der Waals surface area contributed by atoms with Crippen molar-refractivity contribution in [2.24, 2.45) is 5.73 Å². The molecule has 1 aromatic carbocycles. The molecule has 1 aliphatic rings. The van der Waals surface area contributed by atoms with Gasteiger partial charge in [0.2, 0.25) is 15.9 Å². The molecular weight excluding hydrogens is 426 g/mol. The van der Waals surface area contributed by atoms with Crippen LogP contribution in [0, 0.1) is 11.3 Å². The van der Waals surface area contributed by atoms with Gasteiger partial charge in [0.25, 0.3) is 0 Å². The molecule has 0 spiro atoms. The van der Waals surface area contributed by atoms with Crippen LogP contribution in [0.15, 0.2) is 46.7 Å². The molecule has 0 saturated carbocycles. The Morgan fingerprint density at radius 1 is 1.17 bits per heavy atom. The van der Waals surface area contributed by atoms with E-state index in [9.17, 15) is 18.0 Å². The smallest absolute Gasteiger partial charge is 0.312 e. The summed E-state index contributed by atoms with van der Waals surface area (Å²) in [5.41, 5.74) is 5.62. The molecule has 1 saturated heterocycles. The number of piperazine rings is 1. The van der Waals surface area contributed by atoms with Gasteiger partial charge < -0.3 is 16.0 Å². The Morgan fingerprint density at radius 2 is 1.83 bits per heavy atom. The molecule has 1 fully saturated rings. The number of nitriles is 1. The monoisotopic (exact) mass is 447 g/mol. The summed E-state index contributed by atoms with van der Waals surface area (Å²) in [5.74, 6) is -0.183. The number of carbonyl (C=O) groups is 2. The third-order valence-electron chi connectivity index (χ3n) is 4.79. The summed E-state index contributed by atoms with van der Waals surface area (Å²) >= 11 is 1.42. The molecular formula is C19H21N5O4S2. The van der Waals surface area contributed by atoms with Crippen LogP contribution >= 0.6 is 11.3 Å². The van der Waals surface area contributed by atoms with Crippen molar-refractivity contribution < 1.29 is 18.0 Å². The maximum Gasteiger partial charge on any atom is 0.312 e. The zero-order valence-electron chi connectivity index (χ0n) is 16.0. The van der Waals surface area contributed by atoms with Gasteiger partial charge in [0.05, 0.1) is 29.0 Å². The highest BCUT2D eigenvalue weighted by molar-refractivity contribution is 7.89. The predicted octanol–water partition coefficient (Wildman–Crippen LogP) is 1.25. The van der Waals surface area contributed by atoms with E-state index in [4.69, 9.17) is 11.0 Å². The number of sulfonamides is 1. The van der Waals surface area contributed by atoms with E-state index in [1.54, 1.807) is 4.90 Å². The van der Waals surface area contributed by atoms with Gasteiger partial charge in [-0.2, -0.15) is 9.57 Å². The zero-order chi connectivity index (χ0) is 21.7. The van der Waals surface area contributed by atoms with Crippen LogP contribution in [-0.4, -0.2) is 55.7 Å². The van der Waals surface area contributed by atoms with Crippen molar-refractivity contribution >= 4 is 33.3 Å². The Hall–Kier alpha value is -2.94. The summed E-state index contributed by atoms with van der Waals surface area (Å²) < 4.78 is 26.9. The van der Waals surface area contributed by atoms with E-state index in [0.29, 0.717) is 5.56 Å². The Labute approximate surface area is 178 Å². The Bertz CT molecular complexity index is 1040. The van der Waals surface area contributed by atoms with Gasteiger partial charge in [0.15, 0.2) is 0 Å². The minimum absolute atomic E-state index is 0.0474. The number of primary amides is 1. The second-order valence-corrected chi connectivity index (χ2v) is 9.62. The number of urea groups is 1. The largest absolute Gasteiger partial charge is 0.352 e. The SMILES string of the molecule is N#Cc1ccc(S(=O)(=O)N2CCN(C(=O)CC(NC(N)=O)c3cccs3)CC2)cc1. The minimum Gasteiger partial charge on any atom is -0.352 e. The van der Waals surface area contributed by atoms with Gasteiger partial charge in [-0.3, -0.25) is 4.79 Å². The molecule has 30 heavy (non-hydrogen) atoms. The highest BCUT2D eigenvalue weighted by Crippen LogP contribution is 2.24. The summed E-state index contributed by atoms with van der Waals surface area (Å²) in [6.45, 7) is 0.839. The fourth-order valence-corrected chi connectivity index (χ4v) is 5.42. The van der Waals surface area contributed by atoms with Crippen molar-refractivity contribution in [3.05, 3.63) is 52.2 Å². The van der Waals surface area contributed by atoms with Crippen LogP contribution in [0.1, 0.15) is 22.9 Å². The van der Waals surface area contributed by atoms with E-state index >= 15 is 0 Å². The lowest BCUT2D eigenvalue weighted by molar-refractivity contribution is -0.132. The van der Waals surface area contributed by atoms with Gasteiger partial charge >= 0.3 is 6.03 Å². The molecule has 2 aromatic rings. The molecule has 1 aromatic heterocycles. The molecule has 11 heteroatoms. The summed E-state index contributed by atoms with van der Waals surface area (Å²) in [6, 6.07) is 10.1. The number of nitrogens with zero attached hydrogens (tertiary/aromatic N) is 3. The minimum atomic E-state index is -3.70. The second-order valence-electron chi connectivity index (χ2n) is 6.70. The van der Waals surface area contributed by atoms with E-state index < -0.39 is 22.1 Å². The summed E-state index contributed by atoms with van der Waals surface area (Å²) in [6.07, 6.45) is 0.0474. The maximum atomic E-state index is 12.8. The Balaban J connectivity index is 1.62. The predicted molar refractivity (Wildman–Crippen MR) is 111 cm³/mol. The first kappa shape index (κ1) is 21.8. The lowest BCUT2D eigenvalue weighted by Crippen LogP contribution is -2.51. The number of rotatable bonds is 6. The molecule has 3 N–H and O–H groups in total. The van der Waals surface area contributed by atoms with Gasteiger partial charge in [0.1, 0.15) is 0 Å². The van der Waals surface area contributed by atoms with Gasteiger partial charge in [-0.15, -0.1) is 11.3 Å². The summed E-state index contributed by atoms with van der Waals surface area (Å²) in [4.78, 5) is 26.5. The van der Waals surface area contributed by atoms with Crippen LogP contribution in [0.5, 0.6) is 0 Å². The molecule has 9 nitrogen and oxygen atoms in total. The maximum absolute atomic E-state index is 12.8. The number of amides is 3. The number of nitrogens with one attached hydrogen (secondary N) is 1. The average molecular weight is 448 g/mol. The Morgan fingerprint density at radius 3 is 2.37 bits per heavy atom. The molecule has 3 rings (SSSR count). The number of nitrogens with two attached hydrogens (primary N) is 1. The van der Waals surface area contributed by atoms with E-state index in [1.165, 1.54) is 39.9 Å². The molecule has 1 unspecified atom stereocenters. The van der Waals surface area contributed by atoms with Gasteiger partial charge in [-0.1, -0.05) is 6.07 Å². The number of carbonyl (C=O) groups excluding carboxylic acids is 2. The summed E-state index contributed by atoms with van der Waals surface area (Å²) in [7, 11) is -3.70. The van der Waals surface area contributed by atoms with Crippen molar-refractivity contribution in [3.8, 4) is 6.07 Å². The first-order chi connectivity index (χ1) is 14.3. The number of hydrogen-bond donors (Lipinski definition) is 2. The third-order valence-corrected chi connectivity index (χ3v) is 7.69. The first-order valence-corrected chi connectivity index (χ1v) is 11.5. The van der Waals surface area contributed by atoms with E-state index in [-0.39, 0.29) is 43.4 Å². The van der Waals surface area contributed by atoms with Crippen LogP contribution in [0.3, 0.4) is 0 Å². The standard InChI is InChI=1S/C19H21N5O4S2/c20-13-14-3-5-15(6-4-14)30(27,28)24-9-7-23(8-10-24)18(25)12-16(22-19(21)26)17-2-1-11-29-17/h1-6,11,16H,7-10,12H2,(H3,21,22,26). The molecule has 0 radical (unpaired) electrons. The normalized spacial score (nSPS) is 15.9. The van der Waals surface area contributed by atoms with Gasteiger partial charge in [-0.05, 0) is 35.7 Å². The molecule has 2 heterocycles. The van der Waals surface area contributed by atoms with Crippen LogP contribution in [0.4, 0.5) is 4.79 Å². The van der Waals surface area contributed by atoms with Gasteiger partial charge in [-0.25, -0.2) is 13.2 Å². The van der Waals surface area contributed by atoms with Crippen molar-refractivity contribution in [3.63, 3.8) is 0 Å². The van der Waals surface area contributed by atoms with Crippen molar-refractivity contribution in [1.29, 1.82) is 5.26 Å². The molecule has 3 amide bonds. The van der Waals surface area contributed by atoms with E-state index in [2.05, 4.69) is 5.32 Å². The average Bonchev–Trinajstić information content (AvgIpc) is 3.28. The second kappa shape index (κ2) is 9.25. The summed E-state index contributed by atoms with van der Waals surface area (Å²) in [5, 5.41) is 13.3. The fourth-order valence-electron chi connectivity index (χ4n) is 3.22. The van der Waals surface area contributed by atoms with Crippen molar-refractivity contribution in [2.45, 2.75) is 17.4 Å². The fraction of sp³-hybridized carbons (Fsp3) is 0.316. The Kier molecular flexibility index (Phi) is 6.71. The lowest BCUT2D eigenvalue weighted by Gasteiger charge is -2.34. The topological polar surface area (TPSA) is 137 Å². The van der Waals surface area contributed by atoms with Crippen LogP contribution in [-0.2, 0) is 14.8 Å². The first-order valence-electron chi connectivity index (χ1n) is 9.18. The molecule has 0 aliphatic carbocycles. The van der Waals surface area contributed by atoms with E-state index in [1.807, 2.05) is 23.6 Å². The zero-order valence-corrected chi connectivity index (χ0v) is 17.7. The number of benzene rings is 1. The molecule has 158 valence electrons. The van der Waals surface area contributed by atoms with Crippen molar-refractivity contribution in [2.75, 3.05) is 26.2 Å². The number of hydrogen-bond acceptors (Lipinski definition) is 6. The molecule has 1 atom stereocenters. The van der Waals surface area contributed by atoms with Crippen molar-refractivity contribution in [1.82, 2.24) is 14.5 Å². The number of thiophene rings is 1.